The molecule has 0 aliphatic heterocycles. The van der Waals surface area contributed by atoms with Gasteiger partial charge in [-0.3, -0.25) is 4.79 Å². The van der Waals surface area contributed by atoms with Gasteiger partial charge in [0.2, 0.25) is 5.95 Å². The summed E-state index contributed by atoms with van der Waals surface area (Å²) in [6, 6.07) is 6.66. The largest absolute Gasteiger partial charge is 0.354 e. The minimum absolute atomic E-state index is 0.199. The van der Waals surface area contributed by atoms with E-state index in [2.05, 4.69) is 20.6 Å². The van der Waals surface area contributed by atoms with Crippen LogP contribution in [0.15, 0.2) is 36.7 Å². The third kappa shape index (κ3) is 5.58. The number of nitrogens with zero attached hydrogens (tertiary/aromatic N) is 3. The number of carbonyl (C=O) groups is 1. The number of benzene rings is 1. The summed E-state index contributed by atoms with van der Waals surface area (Å²) in [7, 11) is 3.88. The molecule has 1 amide bonds. The Hall–Kier alpha value is -2.54. The predicted octanol–water partition coefficient (Wildman–Crippen LogP) is 1.56. The van der Waals surface area contributed by atoms with E-state index in [9.17, 15) is 9.18 Å². The summed E-state index contributed by atoms with van der Waals surface area (Å²) in [5, 5.41) is 5.82. The average molecular weight is 331 g/mol. The number of hydrogen-bond donors (Lipinski definition) is 2. The van der Waals surface area contributed by atoms with E-state index in [-0.39, 0.29) is 11.7 Å². The quantitative estimate of drug-likeness (QED) is 0.768. The van der Waals surface area contributed by atoms with Crippen molar-refractivity contribution < 1.29 is 9.18 Å². The molecule has 1 aromatic heterocycles. The Labute approximate surface area is 141 Å². The molecule has 2 N–H and O–H groups in total. The highest BCUT2D eigenvalue weighted by Crippen LogP contribution is 2.07. The molecule has 0 spiro atoms. The van der Waals surface area contributed by atoms with Crippen LogP contribution in [0.4, 0.5) is 10.3 Å². The van der Waals surface area contributed by atoms with Gasteiger partial charge in [-0.05, 0) is 32.1 Å². The molecule has 0 saturated carbocycles. The number of carbonyl (C=O) groups excluding carboxylic acids is 1. The number of hydrogen-bond acceptors (Lipinski definition) is 5. The first-order valence-electron chi connectivity index (χ1n) is 7.78. The number of halogens is 1. The molecule has 0 aliphatic carbocycles. The van der Waals surface area contributed by atoms with Gasteiger partial charge in [0.25, 0.3) is 5.91 Å². The number of amides is 1. The maximum Gasteiger partial charge on any atom is 0.254 e. The molecular weight excluding hydrogens is 309 g/mol. The van der Waals surface area contributed by atoms with Crippen molar-refractivity contribution >= 4 is 11.9 Å². The lowest BCUT2D eigenvalue weighted by molar-refractivity contribution is 0.0950. The maximum atomic E-state index is 13.5. The third-order valence-electron chi connectivity index (χ3n) is 3.39. The molecule has 0 unspecified atom stereocenters. The van der Waals surface area contributed by atoms with Gasteiger partial charge in [0.05, 0.1) is 5.56 Å². The Morgan fingerprint density at radius 2 is 1.88 bits per heavy atom. The molecule has 1 heterocycles. The van der Waals surface area contributed by atoms with Crippen molar-refractivity contribution in [3.05, 3.63) is 53.6 Å². The van der Waals surface area contributed by atoms with Crippen molar-refractivity contribution in [3.63, 3.8) is 0 Å². The Kier molecular flexibility index (Phi) is 6.62. The lowest BCUT2D eigenvalue weighted by atomic mass is 10.1. The third-order valence-corrected chi connectivity index (χ3v) is 3.39. The number of likely N-dealkylation sites (N-methyl/N-ethyl adjacent to an activating group) is 1. The van der Waals surface area contributed by atoms with E-state index in [1.54, 1.807) is 18.2 Å². The number of anilines is 1. The van der Waals surface area contributed by atoms with Crippen molar-refractivity contribution in [1.29, 1.82) is 0 Å². The first-order valence-corrected chi connectivity index (χ1v) is 7.78. The zero-order chi connectivity index (χ0) is 17.4. The molecule has 7 heteroatoms. The fourth-order valence-electron chi connectivity index (χ4n) is 2.04. The topological polar surface area (TPSA) is 70.2 Å². The normalized spacial score (nSPS) is 10.7. The highest BCUT2D eigenvalue weighted by atomic mass is 19.1. The summed E-state index contributed by atoms with van der Waals surface area (Å²) in [5.74, 6) is -0.00380. The van der Waals surface area contributed by atoms with Crippen LogP contribution in [0, 0.1) is 5.82 Å². The van der Waals surface area contributed by atoms with Crippen molar-refractivity contribution in [2.45, 2.75) is 6.42 Å². The van der Waals surface area contributed by atoms with Crippen LogP contribution in [0.25, 0.3) is 0 Å². The molecule has 2 aromatic rings. The lowest BCUT2D eigenvalue weighted by Crippen LogP contribution is -2.31. The van der Waals surface area contributed by atoms with Crippen molar-refractivity contribution in [3.8, 4) is 0 Å². The molecule has 0 atom stereocenters. The summed E-state index contributed by atoms with van der Waals surface area (Å²) in [5.41, 5.74) is 1.05. The van der Waals surface area contributed by atoms with E-state index >= 15 is 0 Å². The van der Waals surface area contributed by atoms with Gasteiger partial charge in [-0.15, -0.1) is 0 Å². The molecule has 6 nitrogen and oxygen atoms in total. The summed E-state index contributed by atoms with van der Waals surface area (Å²) in [4.78, 5) is 22.1. The summed E-state index contributed by atoms with van der Waals surface area (Å²) < 4.78 is 13.5. The second-order valence-corrected chi connectivity index (χ2v) is 5.62. The monoisotopic (exact) mass is 331 g/mol. The number of aromatic nitrogens is 2. The zero-order valence-corrected chi connectivity index (χ0v) is 13.9. The van der Waals surface area contributed by atoms with E-state index in [0.29, 0.717) is 36.6 Å². The molecule has 2 rings (SSSR count). The Balaban J connectivity index is 1.79. The van der Waals surface area contributed by atoms with E-state index in [4.69, 9.17) is 0 Å². The highest BCUT2D eigenvalue weighted by Gasteiger charge is 2.07. The minimum atomic E-state index is -0.218. The minimum Gasteiger partial charge on any atom is -0.354 e. The fraction of sp³-hybridized carbons (Fsp3) is 0.353. The van der Waals surface area contributed by atoms with Gasteiger partial charge in [-0.2, -0.15) is 0 Å². The Morgan fingerprint density at radius 1 is 1.17 bits per heavy atom. The molecule has 128 valence electrons. The van der Waals surface area contributed by atoms with E-state index in [1.165, 1.54) is 18.5 Å². The molecule has 0 aliphatic rings. The molecular formula is C17H22FN5O. The molecule has 0 saturated heterocycles. The standard InChI is InChI=1S/C17H22FN5O/c1-23(2)10-9-19-16(24)14-11-21-17(22-12-14)20-8-7-13-5-3-4-6-15(13)18/h3-6,11-12H,7-10H2,1-2H3,(H,19,24)(H,20,21,22). The fourth-order valence-corrected chi connectivity index (χ4v) is 2.04. The summed E-state index contributed by atoms with van der Waals surface area (Å²) >= 11 is 0. The number of rotatable bonds is 8. The second-order valence-electron chi connectivity index (χ2n) is 5.62. The Morgan fingerprint density at radius 3 is 2.54 bits per heavy atom. The van der Waals surface area contributed by atoms with Gasteiger partial charge in [0.1, 0.15) is 5.82 Å². The van der Waals surface area contributed by atoms with Crippen LogP contribution in [0.1, 0.15) is 15.9 Å². The van der Waals surface area contributed by atoms with E-state index < -0.39 is 0 Å². The highest BCUT2D eigenvalue weighted by molar-refractivity contribution is 5.93. The van der Waals surface area contributed by atoms with Crippen LogP contribution in [0.2, 0.25) is 0 Å². The van der Waals surface area contributed by atoms with Gasteiger partial charge in [0, 0.05) is 32.0 Å². The van der Waals surface area contributed by atoms with Crippen LogP contribution in [-0.4, -0.2) is 54.5 Å². The van der Waals surface area contributed by atoms with Crippen LogP contribution in [-0.2, 0) is 6.42 Å². The van der Waals surface area contributed by atoms with Gasteiger partial charge < -0.3 is 15.5 Å². The zero-order valence-electron chi connectivity index (χ0n) is 13.9. The molecule has 1 aromatic carbocycles. The SMILES string of the molecule is CN(C)CCNC(=O)c1cnc(NCCc2ccccc2F)nc1. The van der Waals surface area contributed by atoms with Crippen LogP contribution >= 0.6 is 0 Å². The first kappa shape index (κ1) is 17.8. The lowest BCUT2D eigenvalue weighted by Gasteiger charge is -2.10. The average Bonchev–Trinajstić information content (AvgIpc) is 2.57. The van der Waals surface area contributed by atoms with E-state index in [0.717, 1.165) is 6.54 Å². The summed E-state index contributed by atoms with van der Waals surface area (Å²) in [6.07, 6.45) is 3.48. The van der Waals surface area contributed by atoms with Crippen molar-refractivity contribution in [2.24, 2.45) is 0 Å². The van der Waals surface area contributed by atoms with Gasteiger partial charge in [-0.25, -0.2) is 14.4 Å². The molecule has 0 bridgehead atoms. The van der Waals surface area contributed by atoms with Crippen molar-refractivity contribution in [2.75, 3.05) is 39.0 Å². The van der Waals surface area contributed by atoms with Crippen molar-refractivity contribution in [1.82, 2.24) is 20.2 Å². The predicted molar refractivity (Wildman–Crippen MR) is 91.5 cm³/mol. The molecule has 0 radical (unpaired) electrons. The van der Waals surface area contributed by atoms with E-state index in [1.807, 2.05) is 19.0 Å². The first-order chi connectivity index (χ1) is 11.6. The summed E-state index contributed by atoms with van der Waals surface area (Å²) in [6.45, 7) is 1.84. The van der Waals surface area contributed by atoms with Crippen LogP contribution in [0.5, 0.6) is 0 Å². The number of nitrogens with one attached hydrogen (secondary N) is 2. The van der Waals surface area contributed by atoms with Gasteiger partial charge >= 0.3 is 0 Å². The van der Waals surface area contributed by atoms with Crippen LogP contribution < -0.4 is 10.6 Å². The molecule has 24 heavy (non-hydrogen) atoms. The Bertz CT molecular complexity index is 660. The molecule has 0 fully saturated rings. The van der Waals surface area contributed by atoms with Gasteiger partial charge in [-0.1, -0.05) is 18.2 Å². The maximum absolute atomic E-state index is 13.5. The second kappa shape index (κ2) is 8.93. The smallest absolute Gasteiger partial charge is 0.254 e. The van der Waals surface area contributed by atoms with Crippen LogP contribution in [0.3, 0.4) is 0 Å². The van der Waals surface area contributed by atoms with Gasteiger partial charge in [0.15, 0.2) is 0 Å².